The van der Waals surface area contributed by atoms with Gasteiger partial charge in [0.05, 0.1) is 19.6 Å². The summed E-state index contributed by atoms with van der Waals surface area (Å²) in [5.74, 6) is -1.67. The summed E-state index contributed by atoms with van der Waals surface area (Å²) >= 11 is 0. The van der Waals surface area contributed by atoms with E-state index in [9.17, 15) is 19.2 Å². The molecule has 0 spiro atoms. The van der Waals surface area contributed by atoms with Crippen molar-refractivity contribution < 1.29 is 33.4 Å². The average Bonchev–Trinajstić information content (AvgIpc) is 3.18. The molecule has 38 heavy (non-hydrogen) atoms. The summed E-state index contributed by atoms with van der Waals surface area (Å²) in [5, 5.41) is 7.52. The molecule has 202 valence electrons. The lowest BCUT2D eigenvalue weighted by molar-refractivity contribution is -0.164. The van der Waals surface area contributed by atoms with Crippen LogP contribution < -0.4 is 10.6 Å². The molecule has 4 rings (SSSR count). The van der Waals surface area contributed by atoms with E-state index in [1.807, 2.05) is 43.3 Å². The van der Waals surface area contributed by atoms with Gasteiger partial charge in [0, 0.05) is 25.3 Å². The first-order chi connectivity index (χ1) is 18.4. The van der Waals surface area contributed by atoms with Crippen molar-refractivity contribution >= 4 is 34.5 Å². The van der Waals surface area contributed by atoms with Gasteiger partial charge in [0.1, 0.15) is 12.1 Å². The third-order valence-corrected chi connectivity index (χ3v) is 6.43. The van der Waals surface area contributed by atoms with Gasteiger partial charge in [-0.15, -0.1) is 0 Å². The predicted octanol–water partition coefficient (Wildman–Crippen LogP) is 1.93. The molecule has 0 aliphatic carbocycles. The molecular formula is C28H33N3O7. The maximum absolute atomic E-state index is 13.5. The first-order valence-electron chi connectivity index (χ1n) is 12.8. The molecule has 2 aromatic rings. The second kappa shape index (κ2) is 12.7. The van der Waals surface area contributed by atoms with E-state index in [4.69, 9.17) is 14.2 Å². The van der Waals surface area contributed by atoms with Crippen molar-refractivity contribution in [3.63, 3.8) is 0 Å². The van der Waals surface area contributed by atoms with Crippen molar-refractivity contribution in [2.45, 2.75) is 45.1 Å². The Morgan fingerprint density at radius 3 is 2.61 bits per heavy atom. The number of rotatable bonds is 10. The van der Waals surface area contributed by atoms with Crippen LogP contribution in [0.5, 0.6) is 0 Å². The number of ether oxygens (including phenoxy) is 3. The number of nitrogens with one attached hydrogen (secondary N) is 2. The zero-order valence-electron chi connectivity index (χ0n) is 21.6. The number of carbonyl (C=O) groups excluding carboxylic acids is 4. The van der Waals surface area contributed by atoms with E-state index < -0.39 is 30.3 Å². The Kier molecular flexibility index (Phi) is 9.09. The quantitative estimate of drug-likeness (QED) is 0.360. The number of carbonyl (C=O) groups is 4. The number of cyclic esters (lactones) is 1. The number of hydrogen-bond acceptors (Lipinski definition) is 7. The van der Waals surface area contributed by atoms with E-state index in [0.29, 0.717) is 25.4 Å². The lowest BCUT2D eigenvalue weighted by Crippen LogP contribution is -2.52. The number of benzene rings is 2. The molecule has 0 saturated carbocycles. The van der Waals surface area contributed by atoms with E-state index in [1.165, 1.54) is 4.90 Å². The molecule has 2 aromatic carbocycles. The highest BCUT2D eigenvalue weighted by Gasteiger charge is 2.37. The van der Waals surface area contributed by atoms with Crippen molar-refractivity contribution in [3.8, 4) is 0 Å². The second-order valence-electron chi connectivity index (χ2n) is 9.21. The fourth-order valence-corrected chi connectivity index (χ4v) is 4.55. The van der Waals surface area contributed by atoms with E-state index in [1.54, 1.807) is 19.1 Å². The molecule has 2 aliphatic rings. The molecule has 10 nitrogen and oxygen atoms in total. The van der Waals surface area contributed by atoms with Gasteiger partial charge in [-0.3, -0.25) is 19.2 Å². The summed E-state index contributed by atoms with van der Waals surface area (Å²) in [7, 11) is 0. The van der Waals surface area contributed by atoms with Crippen LogP contribution in [0.15, 0.2) is 54.1 Å². The largest absolute Gasteiger partial charge is 0.433 e. The van der Waals surface area contributed by atoms with Crippen LogP contribution in [0.2, 0.25) is 0 Å². The van der Waals surface area contributed by atoms with Crippen LogP contribution >= 0.6 is 0 Å². The van der Waals surface area contributed by atoms with Crippen molar-refractivity contribution in [1.82, 2.24) is 15.5 Å². The molecule has 1 fully saturated rings. The third kappa shape index (κ3) is 6.76. The zero-order valence-corrected chi connectivity index (χ0v) is 21.6. The number of esters is 1. The molecule has 2 heterocycles. The monoisotopic (exact) mass is 523 g/mol. The fourth-order valence-electron chi connectivity index (χ4n) is 4.55. The SMILES string of the molecule is CCOCC1=CCC(NC(=O)c2ccc3ccccc3c2)C(=O)N(CC(=O)NC2CC(=O)OC2OCC)C1. The van der Waals surface area contributed by atoms with Gasteiger partial charge < -0.3 is 29.7 Å². The Hall–Kier alpha value is -3.76. The average molecular weight is 524 g/mol. The minimum Gasteiger partial charge on any atom is -0.433 e. The molecule has 2 N–H and O–H groups in total. The Balaban J connectivity index is 1.46. The van der Waals surface area contributed by atoms with Crippen LogP contribution in [0, 0.1) is 0 Å². The van der Waals surface area contributed by atoms with E-state index in [-0.39, 0.29) is 37.7 Å². The van der Waals surface area contributed by atoms with Crippen molar-refractivity contribution in [2.24, 2.45) is 0 Å². The molecule has 3 atom stereocenters. The van der Waals surface area contributed by atoms with Gasteiger partial charge in [0.15, 0.2) is 0 Å². The van der Waals surface area contributed by atoms with E-state index >= 15 is 0 Å². The Labute approximate surface area is 221 Å². The highest BCUT2D eigenvalue weighted by Crippen LogP contribution is 2.19. The molecule has 3 amide bonds. The molecule has 3 unspecified atom stereocenters. The van der Waals surface area contributed by atoms with Crippen LogP contribution in [0.3, 0.4) is 0 Å². The molecular weight excluding hydrogens is 490 g/mol. The fraction of sp³-hybridized carbons (Fsp3) is 0.429. The normalized spacial score (nSPS) is 21.6. The summed E-state index contributed by atoms with van der Waals surface area (Å²) in [4.78, 5) is 52.6. The van der Waals surface area contributed by atoms with E-state index in [0.717, 1.165) is 16.3 Å². The summed E-state index contributed by atoms with van der Waals surface area (Å²) in [6.07, 6.45) is 1.28. The van der Waals surface area contributed by atoms with Gasteiger partial charge >= 0.3 is 5.97 Å². The minimum absolute atomic E-state index is 0.00964. The van der Waals surface area contributed by atoms with Gasteiger partial charge in [-0.2, -0.15) is 0 Å². The highest BCUT2D eigenvalue weighted by atomic mass is 16.7. The van der Waals surface area contributed by atoms with Crippen molar-refractivity contribution in [2.75, 3.05) is 32.9 Å². The Morgan fingerprint density at radius 2 is 1.84 bits per heavy atom. The first kappa shape index (κ1) is 27.3. The number of amides is 3. The van der Waals surface area contributed by atoms with Crippen LogP contribution in [0.4, 0.5) is 0 Å². The zero-order chi connectivity index (χ0) is 27.1. The standard InChI is InChI=1S/C28H33N3O7/c1-3-36-17-18-9-12-22(30-26(34)21-11-10-19-7-5-6-8-20(19)13-21)27(35)31(15-18)16-24(32)29-23-14-25(33)38-28(23)37-4-2/h5-11,13,22-23,28H,3-4,12,14-17H2,1-2H3,(H,29,32)(H,30,34). The maximum atomic E-state index is 13.5. The van der Waals surface area contributed by atoms with Gasteiger partial charge in [-0.1, -0.05) is 36.4 Å². The summed E-state index contributed by atoms with van der Waals surface area (Å²) < 4.78 is 16.0. The van der Waals surface area contributed by atoms with Gasteiger partial charge in [-0.05, 0) is 48.7 Å². The minimum atomic E-state index is -0.862. The van der Waals surface area contributed by atoms with E-state index in [2.05, 4.69) is 10.6 Å². The lowest BCUT2D eigenvalue weighted by atomic mass is 10.1. The smallest absolute Gasteiger partial charge is 0.310 e. The van der Waals surface area contributed by atoms with Gasteiger partial charge in [-0.25, -0.2) is 0 Å². The molecule has 0 bridgehead atoms. The summed E-state index contributed by atoms with van der Waals surface area (Å²) in [6, 6.07) is 11.6. The van der Waals surface area contributed by atoms with Gasteiger partial charge in [0.25, 0.3) is 5.91 Å². The van der Waals surface area contributed by atoms with Crippen molar-refractivity contribution in [1.29, 1.82) is 0 Å². The Bertz CT molecular complexity index is 1230. The van der Waals surface area contributed by atoms with Crippen LogP contribution in [0.1, 0.15) is 37.0 Å². The molecule has 0 aromatic heterocycles. The Morgan fingerprint density at radius 1 is 1.05 bits per heavy atom. The summed E-state index contributed by atoms with van der Waals surface area (Å²) in [6.45, 7) is 4.70. The highest BCUT2D eigenvalue weighted by molar-refractivity contribution is 6.01. The number of hydrogen-bond donors (Lipinski definition) is 2. The summed E-state index contributed by atoms with van der Waals surface area (Å²) in [5.41, 5.74) is 1.28. The number of fused-ring (bicyclic) bond motifs is 1. The molecule has 0 radical (unpaired) electrons. The second-order valence-corrected chi connectivity index (χ2v) is 9.21. The lowest BCUT2D eigenvalue weighted by Gasteiger charge is -2.26. The maximum Gasteiger partial charge on any atom is 0.310 e. The first-order valence-corrected chi connectivity index (χ1v) is 12.8. The third-order valence-electron chi connectivity index (χ3n) is 6.43. The van der Waals surface area contributed by atoms with Crippen LogP contribution in [-0.2, 0) is 28.6 Å². The number of nitrogens with zero attached hydrogens (tertiary/aromatic N) is 1. The predicted molar refractivity (Wildman–Crippen MR) is 139 cm³/mol. The molecule has 1 saturated heterocycles. The van der Waals surface area contributed by atoms with Gasteiger partial charge in [0.2, 0.25) is 18.1 Å². The van der Waals surface area contributed by atoms with Crippen LogP contribution in [0.25, 0.3) is 10.8 Å². The molecule has 2 aliphatic heterocycles. The van der Waals surface area contributed by atoms with Crippen molar-refractivity contribution in [3.05, 3.63) is 59.7 Å². The molecule has 10 heteroatoms. The topological polar surface area (TPSA) is 123 Å². The van der Waals surface area contributed by atoms with Crippen LogP contribution in [-0.4, -0.2) is 79.9 Å².